The van der Waals surface area contributed by atoms with Gasteiger partial charge in [-0.15, -0.1) is 0 Å². The molecule has 3 atom stereocenters. The lowest BCUT2D eigenvalue weighted by Crippen LogP contribution is -2.45. The van der Waals surface area contributed by atoms with E-state index in [2.05, 4.69) is 20.3 Å². The summed E-state index contributed by atoms with van der Waals surface area (Å²) in [5, 5.41) is 8.37. The predicted molar refractivity (Wildman–Crippen MR) is 129 cm³/mol. The van der Waals surface area contributed by atoms with E-state index in [1.807, 2.05) is 49.6 Å². The molecule has 33 heavy (non-hydrogen) atoms. The fourth-order valence-corrected chi connectivity index (χ4v) is 5.88. The number of benzene rings is 2. The van der Waals surface area contributed by atoms with E-state index in [1.165, 1.54) is 0 Å². The summed E-state index contributed by atoms with van der Waals surface area (Å²) in [7, 11) is -3.55. The number of sulfonamides is 1. The van der Waals surface area contributed by atoms with Gasteiger partial charge in [0.15, 0.2) is 0 Å². The Kier molecular flexibility index (Phi) is 5.90. The van der Waals surface area contributed by atoms with Crippen molar-refractivity contribution in [3.8, 4) is 0 Å². The van der Waals surface area contributed by atoms with E-state index in [0.717, 1.165) is 53.4 Å². The third-order valence-corrected chi connectivity index (χ3v) is 8.13. The molecule has 3 aromatic rings. The molecule has 0 radical (unpaired) electrons. The maximum absolute atomic E-state index is 12.8. The maximum atomic E-state index is 12.8. The predicted octanol–water partition coefficient (Wildman–Crippen LogP) is 3.32. The number of anilines is 1. The SMILES string of the molecule is Cc1cncc2ccc(NC(=O)[C@@H]3C[C@H]3c3ccc(S(=O)(=O)NC4CCCNC4)cc3)cc12. The van der Waals surface area contributed by atoms with Gasteiger partial charge in [-0.3, -0.25) is 9.78 Å². The molecule has 1 aliphatic heterocycles. The van der Waals surface area contributed by atoms with Gasteiger partial charge in [-0.05, 0) is 79.4 Å². The number of nitrogens with zero attached hydrogens (tertiary/aromatic N) is 1. The summed E-state index contributed by atoms with van der Waals surface area (Å²) in [6, 6.07) is 12.7. The lowest BCUT2D eigenvalue weighted by molar-refractivity contribution is -0.117. The number of carbonyl (C=O) groups excluding carboxylic acids is 1. The number of fused-ring (bicyclic) bond motifs is 1. The van der Waals surface area contributed by atoms with Crippen LogP contribution in [0.2, 0.25) is 0 Å². The molecule has 5 rings (SSSR count). The lowest BCUT2D eigenvalue weighted by Gasteiger charge is -2.23. The molecule has 2 heterocycles. The lowest BCUT2D eigenvalue weighted by atomic mass is 10.1. The van der Waals surface area contributed by atoms with Gasteiger partial charge in [0.2, 0.25) is 15.9 Å². The highest BCUT2D eigenvalue weighted by Gasteiger charge is 2.44. The average molecular weight is 465 g/mol. The number of piperidine rings is 1. The zero-order valence-electron chi connectivity index (χ0n) is 18.5. The number of aromatic nitrogens is 1. The van der Waals surface area contributed by atoms with Crippen molar-refractivity contribution in [2.75, 3.05) is 18.4 Å². The summed E-state index contributed by atoms with van der Waals surface area (Å²) in [5.41, 5.74) is 2.84. The normalized spacial score (nSPS) is 22.8. The zero-order chi connectivity index (χ0) is 23.0. The van der Waals surface area contributed by atoms with E-state index < -0.39 is 10.0 Å². The minimum absolute atomic E-state index is 0.00535. The number of pyridine rings is 1. The van der Waals surface area contributed by atoms with Crippen LogP contribution in [0, 0.1) is 12.8 Å². The molecule has 2 fully saturated rings. The smallest absolute Gasteiger partial charge is 0.240 e. The summed E-state index contributed by atoms with van der Waals surface area (Å²) < 4.78 is 28.2. The molecule has 0 bridgehead atoms. The number of amides is 1. The molecule has 1 aliphatic carbocycles. The van der Waals surface area contributed by atoms with Gasteiger partial charge in [0.25, 0.3) is 0 Å². The molecule has 1 saturated carbocycles. The molecule has 8 heteroatoms. The standard InChI is InChI=1S/C25H28N4O3S/c1-16-13-27-14-18-4-7-19(11-22(16)18)28-25(30)24-12-23(24)17-5-8-21(9-6-17)33(31,32)29-20-3-2-10-26-15-20/h4-9,11,13-14,20,23-24,26,29H,2-3,10,12,15H2,1H3,(H,28,30)/t20?,23-,24+/m0/s1. The highest BCUT2D eigenvalue weighted by atomic mass is 32.2. The second-order valence-corrected chi connectivity index (χ2v) is 10.8. The van der Waals surface area contributed by atoms with Crippen LogP contribution in [0.15, 0.2) is 59.8 Å². The van der Waals surface area contributed by atoms with Crippen LogP contribution in [0.25, 0.3) is 10.8 Å². The van der Waals surface area contributed by atoms with Crippen LogP contribution in [-0.2, 0) is 14.8 Å². The maximum Gasteiger partial charge on any atom is 0.240 e. The molecule has 1 amide bonds. The Balaban J connectivity index is 1.22. The van der Waals surface area contributed by atoms with Gasteiger partial charge in [0, 0.05) is 42.0 Å². The summed E-state index contributed by atoms with van der Waals surface area (Å²) in [6.45, 7) is 3.59. The van der Waals surface area contributed by atoms with Crippen molar-refractivity contribution >= 4 is 32.4 Å². The molecule has 172 valence electrons. The topological polar surface area (TPSA) is 100 Å². The van der Waals surface area contributed by atoms with Gasteiger partial charge in [-0.25, -0.2) is 13.1 Å². The number of hydrogen-bond donors (Lipinski definition) is 3. The summed E-state index contributed by atoms with van der Waals surface area (Å²) >= 11 is 0. The van der Waals surface area contributed by atoms with Crippen molar-refractivity contribution in [2.24, 2.45) is 5.92 Å². The number of hydrogen-bond acceptors (Lipinski definition) is 5. The number of nitrogens with one attached hydrogen (secondary N) is 3. The van der Waals surface area contributed by atoms with Crippen LogP contribution in [0.5, 0.6) is 0 Å². The quantitative estimate of drug-likeness (QED) is 0.520. The number of aryl methyl sites for hydroxylation is 1. The molecule has 2 aliphatic rings. The summed E-state index contributed by atoms with van der Waals surface area (Å²) in [6.07, 6.45) is 6.21. The van der Waals surface area contributed by atoms with Gasteiger partial charge >= 0.3 is 0 Å². The van der Waals surface area contributed by atoms with Crippen LogP contribution in [0.1, 0.15) is 36.3 Å². The first-order valence-corrected chi connectivity index (χ1v) is 12.9. The highest BCUT2D eigenvalue weighted by Crippen LogP contribution is 2.48. The highest BCUT2D eigenvalue weighted by molar-refractivity contribution is 7.89. The average Bonchev–Trinajstić information content (AvgIpc) is 3.61. The number of rotatable bonds is 6. The molecule has 1 saturated heterocycles. The van der Waals surface area contributed by atoms with Crippen LogP contribution >= 0.6 is 0 Å². The van der Waals surface area contributed by atoms with Gasteiger partial charge in [-0.1, -0.05) is 18.2 Å². The molecule has 2 aromatic carbocycles. The van der Waals surface area contributed by atoms with Crippen LogP contribution < -0.4 is 15.4 Å². The Labute approximate surface area is 194 Å². The van der Waals surface area contributed by atoms with Crippen molar-refractivity contribution in [1.82, 2.24) is 15.0 Å². The van der Waals surface area contributed by atoms with E-state index in [-0.39, 0.29) is 28.7 Å². The second-order valence-electron chi connectivity index (χ2n) is 9.06. The van der Waals surface area contributed by atoms with Crippen LogP contribution in [0.4, 0.5) is 5.69 Å². The summed E-state index contributed by atoms with van der Waals surface area (Å²) in [4.78, 5) is 17.3. The first kappa shape index (κ1) is 22.0. The number of carbonyl (C=O) groups is 1. The minimum Gasteiger partial charge on any atom is -0.326 e. The van der Waals surface area contributed by atoms with E-state index in [9.17, 15) is 13.2 Å². The van der Waals surface area contributed by atoms with Crippen molar-refractivity contribution in [2.45, 2.75) is 43.0 Å². The van der Waals surface area contributed by atoms with E-state index in [4.69, 9.17) is 0 Å². The van der Waals surface area contributed by atoms with Crippen molar-refractivity contribution in [3.63, 3.8) is 0 Å². The molecule has 3 N–H and O–H groups in total. The van der Waals surface area contributed by atoms with Crippen molar-refractivity contribution < 1.29 is 13.2 Å². The third kappa shape index (κ3) is 4.78. The van der Waals surface area contributed by atoms with Gasteiger partial charge in [-0.2, -0.15) is 0 Å². The Hall–Kier alpha value is -2.81. The summed E-state index contributed by atoms with van der Waals surface area (Å²) in [5.74, 6) is 0.00556. The zero-order valence-corrected chi connectivity index (χ0v) is 19.4. The minimum atomic E-state index is -3.55. The van der Waals surface area contributed by atoms with Crippen molar-refractivity contribution in [3.05, 3.63) is 66.0 Å². The van der Waals surface area contributed by atoms with Gasteiger partial charge in [0.1, 0.15) is 0 Å². The molecule has 7 nitrogen and oxygen atoms in total. The molecular weight excluding hydrogens is 436 g/mol. The third-order valence-electron chi connectivity index (χ3n) is 6.59. The van der Waals surface area contributed by atoms with E-state index in [1.54, 1.807) is 12.1 Å². The van der Waals surface area contributed by atoms with Crippen molar-refractivity contribution in [1.29, 1.82) is 0 Å². The fourth-order valence-electron chi connectivity index (χ4n) is 4.61. The van der Waals surface area contributed by atoms with Gasteiger partial charge < -0.3 is 10.6 Å². The fraction of sp³-hybridized carbons (Fsp3) is 0.360. The van der Waals surface area contributed by atoms with Crippen LogP contribution in [-0.4, -0.2) is 38.4 Å². The second kappa shape index (κ2) is 8.85. The largest absolute Gasteiger partial charge is 0.326 e. The molecule has 0 spiro atoms. The monoisotopic (exact) mass is 464 g/mol. The van der Waals surface area contributed by atoms with E-state index >= 15 is 0 Å². The molecule has 1 unspecified atom stereocenters. The Morgan fingerprint density at radius 2 is 1.94 bits per heavy atom. The Morgan fingerprint density at radius 1 is 1.12 bits per heavy atom. The van der Waals surface area contributed by atoms with E-state index in [0.29, 0.717) is 6.54 Å². The molecular formula is C25H28N4O3S. The van der Waals surface area contributed by atoms with Gasteiger partial charge in [0.05, 0.1) is 4.90 Å². The Morgan fingerprint density at radius 3 is 2.70 bits per heavy atom. The first-order valence-electron chi connectivity index (χ1n) is 11.4. The molecule has 1 aromatic heterocycles. The van der Waals surface area contributed by atoms with Crippen LogP contribution in [0.3, 0.4) is 0 Å². The Bertz CT molecular complexity index is 1280. The first-order chi connectivity index (χ1) is 15.9.